The van der Waals surface area contributed by atoms with Crippen LogP contribution in [0.15, 0.2) is 18.2 Å². The molecule has 1 unspecified atom stereocenters. The van der Waals surface area contributed by atoms with Crippen LogP contribution in [0.4, 0.5) is 0 Å². The van der Waals surface area contributed by atoms with E-state index in [9.17, 15) is 4.79 Å². The predicted octanol–water partition coefficient (Wildman–Crippen LogP) is 1.02. The van der Waals surface area contributed by atoms with Crippen molar-refractivity contribution in [3.05, 3.63) is 34.9 Å². The molecule has 1 saturated heterocycles. The number of carbonyl (C=O) groups is 1. The molecule has 0 saturated carbocycles. The summed E-state index contributed by atoms with van der Waals surface area (Å²) in [6.45, 7) is 4.56. The summed E-state index contributed by atoms with van der Waals surface area (Å²) in [6, 6.07) is 6.49. The van der Waals surface area contributed by atoms with Gasteiger partial charge >= 0.3 is 0 Å². The van der Waals surface area contributed by atoms with E-state index in [0.29, 0.717) is 11.6 Å². The van der Waals surface area contributed by atoms with Crippen LogP contribution in [0, 0.1) is 0 Å². The highest BCUT2D eigenvalue weighted by atomic mass is 16.1. The molecule has 3 rings (SSSR count). The van der Waals surface area contributed by atoms with E-state index in [2.05, 4.69) is 22.9 Å². The minimum absolute atomic E-state index is 0.328. The number of benzene rings is 1. The molecule has 1 fully saturated rings. The second-order valence-corrected chi connectivity index (χ2v) is 5.67. The highest BCUT2D eigenvalue weighted by Crippen LogP contribution is 2.36. The third kappa shape index (κ3) is 2.38. The van der Waals surface area contributed by atoms with Gasteiger partial charge in [0.1, 0.15) is 0 Å². The third-order valence-electron chi connectivity index (χ3n) is 4.45. The van der Waals surface area contributed by atoms with Crippen LogP contribution in [-0.2, 0) is 6.42 Å². The molecule has 1 aliphatic carbocycles. The van der Waals surface area contributed by atoms with Crippen LogP contribution in [-0.4, -0.2) is 48.9 Å². The number of rotatable bonds is 2. The van der Waals surface area contributed by atoms with Crippen LogP contribution < -0.4 is 5.73 Å². The Balaban J connectivity index is 1.80. The van der Waals surface area contributed by atoms with Crippen molar-refractivity contribution in [1.29, 1.82) is 0 Å². The second-order valence-electron chi connectivity index (χ2n) is 5.67. The van der Waals surface area contributed by atoms with Gasteiger partial charge in [-0.1, -0.05) is 6.07 Å². The van der Waals surface area contributed by atoms with E-state index >= 15 is 0 Å². The fourth-order valence-electron chi connectivity index (χ4n) is 3.26. The summed E-state index contributed by atoms with van der Waals surface area (Å²) in [6.07, 6.45) is 2.23. The molecule has 1 heterocycles. The quantitative estimate of drug-likeness (QED) is 0.862. The van der Waals surface area contributed by atoms with Crippen LogP contribution in [0.3, 0.4) is 0 Å². The summed E-state index contributed by atoms with van der Waals surface area (Å²) in [7, 11) is 2.18. The lowest BCUT2D eigenvalue weighted by Gasteiger charge is -2.36. The van der Waals surface area contributed by atoms with E-state index in [4.69, 9.17) is 5.73 Å². The minimum atomic E-state index is -0.328. The third-order valence-corrected chi connectivity index (χ3v) is 4.45. The van der Waals surface area contributed by atoms with Gasteiger partial charge in [-0.2, -0.15) is 0 Å². The van der Waals surface area contributed by atoms with Crippen LogP contribution in [0.25, 0.3) is 0 Å². The number of amides is 1. The molecule has 4 nitrogen and oxygen atoms in total. The van der Waals surface area contributed by atoms with E-state index in [-0.39, 0.29) is 5.91 Å². The molecule has 19 heavy (non-hydrogen) atoms. The van der Waals surface area contributed by atoms with Crippen molar-refractivity contribution in [1.82, 2.24) is 9.80 Å². The average Bonchev–Trinajstić information content (AvgIpc) is 2.82. The normalized spacial score (nSPS) is 24.4. The van der Waals surface area contributed by atoms with Gasteiger partial charge in [-0.25, -0.2) is 0 Å². The maximum Gasteiger partial charge on any atom is 0.248 e. The Bertz CT molecular complexity index is 492. The number of hydrogen-bond acceptors (Lipinski definition) is 3. The molecule has 0 radical (unpaired) electrons. The Labute approximate surface area is 114 Å². The number of fused-ring (bicyclic) bond motifs is 1. The smallest absolute Gasteiger partial charge is 0.248 e. The summed E-state index contributed by atoms with van der Waals surface area (Å²) in [5.41, 5.74) is 8.69. The summed E-state index contributed by atoms with van der Waals surface area (Å²) < 4.78 is 0. The lowest BCUT2D eigenvalue weighted by Crippen LogP contribution is -2.45. The van der Waals surface area contributed by atoms with Crippen LogP contribution in [0.1, 0.15) is 33.9 Å². The molecule has 2 N–H and O–H groups in total. The number of likely N-dealkylation sites (N-methyl/N-ethyl adjacent to an activating group) is 1. The Morgan fingerprint density at radius 1 is 1.26 bits per heavy atom. The molecular formula is C15H21N3O. The van der Waals surface area contributed by atoms with E-state index in [1.165, 1.54) is 17.5 Å². The van der Waals surface area contributed by atoms with Gasteiger partial charge in [-0.05, 0) is 43.1 Å². The van der Waals surface area contributed by atoms with Crippen molar-refractivity contribution < 1.29 is 4.79 Å². The fourth-order valence-corrected chi connectivity index (χ4v) is 3.26. The van der Waals surface area contributed by atoms with Gasteiger partial charge < -0.3 is 10.6 Å². The molecule has 102 valence electrons. The zero-order chi connectivity index (χ0) is 13.4. The number of aryl methyl sites for hydroxylation is 1. The Kier molecular flexibility index (Phi) is 3.29. The van der Waals surface area contributed by atoms with E-state index in [0.717, 1.165) is 32.6 Å². The van der Waals surface area contributed by atoms with E-state index < -0.39 is 0 Å². The highest BCUT2D eigenvalue weighted by molar-refractivity contribution is 5.93. The second kappa shape index (κ2) is 4.94. The predicted molar refractivity (Wildman–Crippen MR) is 75.1 cm³/mol. The summed E-state index contributed by atoms with van der Waals surface area (Å²) >= 11 is 0. The number of carbonyl (C=O) groups excluding carboxylic acids is 1. The van der Waals surface area contributed by atoms with Crippen molar-refractivity contribution in [3.63, 3.8) is 0 Å². The molecule has 1 aliphatic heterocycles. The van der Waals surface area contributed by atoms with Gasteiger partial charge in [0.05, 0.1) is 0 Å². The first-order valence-electron chi connectivity index (χ1n) is 7.00. The number of piperazine rings is 1. The van der Waals surface area contributed by atoms with Crippen LogP contribution in [0.2, 0.25) is 0 Å². The monoisotopic (exact) mass is 259 g/mol. The molecule has 1 atom stereocenters. The zero-order valence-electron chi connectivity index (χ0n) is 11.4. The number of primary amides is 1. The highest BCUT2D eigenvalue weighted by Gasteiger charge is 2.29. The first-order valence-corrected chi connectivity index (χ1v) is 7.00. The number of nitrogens with two attached hydrogens (primary N) is 1. The molecule has 0 bridgehead atoms. The Morgan fingerprint density at radius 2 is 2.00 bits per heavy atom. The topological polar surface area (TPSA) is 49.6 Å². The van der Waals surface area contributed by atoms with Crippen LogP contribution in [0.5, 0.6) is 0 Å². The van der Waals surface area contributed by atoms with E-state index in [1.54, 1.807) is 0 Å². The van der Waals surface area contributed by atoms with Crippen LogP contribution >= 0.6 is 0 Å². The molecule has 1 aromatic rings. The van der Waals surface area contributed by atoms with Gasteiger partial charge in [-0.15, -0.1) is 0 Å². The summed E-state index contributed by atoms with van der Waals surface area (Å²) in [5.74, 6) is -0.328. The number of hydrogen-bond donors (Lipinski definition) is 1. The van der Waals surface area contributed by atoms with Gasteiger partial charge in [0.25, 0.3) is 0 Å². The molecule has 0 spiro atoms. The summed E-state index contributed by atoms with van der Waals surface area (Å²) in [4.78, 5) is 16.2. The molecular weight excluding hydrogens is 238 g/mol. The fraction of sp³-hybridized carbons (Fsp3) is 0.533. The lowest BCUT2D eigenvalue weighted by molar-refractivity contribution is 0.1000. The van der Waals surface area contributed by atoms with Crippen molar-refractivity contribution in [2.75, 3.05) is 33.2 Å². The lowest BCUT2D eigenvalue weighted by atomic mass is 10.0. The van der Waals surface area contributed by atoms with Crippen molar-refractivity contribution in [2.24, 2.45) is 5.73 Å². The first kappa shape index (κ1) is 12.6. The maximum atomic E-state index is 11.2. The molecule has 1 amide bonds. The van der Waals surface area contributed by atoms with E-state index in [1.807, 2.05) is 12.1 Å². The number of nitrogens with zero attached hydrogens (tertiary/aromatic N) is 2. The summed E-state index contributed by atoms with van der Waals surface area (Å²) in [5, 5.41) is 0. The van der Waals surface area contributed by atoms with Crippen molar-refractivity contribution in [3.8, 4) is 0 Å². The molecule has 1 aromatic carbocycles. The molecule has 0 aromatic heterocycles. The first-order chi connectivity index (χ1) is 9.15. The van der Waals surface area contributed by atoms with Gasteiger partial charge in [0.15, 0.2) is 0 Å². The van der Waals surface area contributed by atoms with Crippen molar-refractivity contribution >= 4 is 5.91 Å². The maximum absolute atomic E-state index is 11.2. The SMILES string of the molecule is CN1CCN(C2CCc3cc(C(N)=O)ccc32)CC1. The van der Waals surface area contributed by atoms with Gasteiger partial charge in [-0.3, -0.25) is 9.69 Å². The molecule has 2 aliphatic rings. The van der Waals surface area contributed by atoms with Gasteiger partial charge in [0.2, 0.25) is 5.91 Å². The largest absolute Gasteiger partial charge is 0.366 e. The standard InChI is InChI=1S/C15H21N3O/c1-17-6-8-18(9-7-17)14-5-3-11-10-12(15(16)19)2-4-13(11)14/h2,4,10,14H,3,5-9H2,1H3,(H2,16,19). The van der Waals surface area contributed by atoms with Gasteiger partial charge in [0, 0.05) is 37.8 Å². The Morgan fingerprint density at radius 3 is 2.68 bits per heavy atom. The molecule has 4 heteroatoms. The zero-order valence-corrected chi connectivity index (χ0v) is 11.4. The minimum Gasteiger partial charge on any atom is -0.366 e. The Hall–Kier alpha value is -1.39. The van der Waals surface area contributed by atoms with Crippen molar-refractivity contribution in [2.45, 2.75) is 18.9 Å². The average molecular weight is 259 g/mol.